The molecule has 0 unspecified atom stereocenters. The zero-order chi connectivity index (χ0) is 12.1. The molecule has 0 bridgehead atoms. The molecule has 1 N–H and O–H groups in total. The summed E-state index contributed by atoms with van der Waals surface area (Å²) < 4.78 is 0. The zero-order valence-corrected chi connectivity index (χ0v) is 10.1. The van der Waals surface area contributed by atoms with E-state index in [0.29, 0.717) is 5.92 Å². The van der Waals surface area contributed by atoms with Crippen LogP contribution in [0.15, 0.2) is 60.7 Å². The summed E-state index contributed by atoms with van der Waals surface area (Å²) in [5.74, 6) is 0.488. The van der Waals surface area contributed by atoms with Gasteiger partial charge in [-0.05, 0) is 17.0 Å². The van der Waals surface area contributed by atoms with Crippen LogP contribution in [0.5, 0.6) is 0 Å². The van der Waals surface area contributed by atoms with Crippen molar-refractivity contribution in [2.75, 3.05) is 6.61 Å². The summed E-state index contributed by atoms with van der Waals surface area (Å²) >= 11 is 0. The Morgan fingerprint density at radius 2 is 1.29 bits per heavy atom. The third-order valence-corrected chi connectivity index (χ3v) is 3.35. The van der Waals surface area contributed by atoms with E-state index < -0.39 is 0 Å². The van der Waals surface area contributed by atoms with Gasteiger partial charge in [-0.25, -0.2) is 0 Å². The molecular weight excluding hydrogens is 208 g/mol. The van der Waals surface area contributed by atoms with E-state index in [1.54, 1.807) is 0 Å². The van der Waals surface area contributed by atoms with Crippen LogP contribution in [0, 0.1) is 0 Å². The smallest absolute Gasteiger partial charge is 0.0505 e. The van der Waals surface area contributed by atoms with Crippen molar-refractivity contribution in [1.82, 2.24) is 0 Å². The molecule has 0 aliphatic carbocycles. The molecule has 0 aliphatic heterocycles. The highest BCUT2D eigenvalue weighted by atomic mass is 16.3. The molecule has 0 amide bonds. The van der Waals surface area contributed by atoms with E-state index >= 15 is 0 Å². The van der Waals surface area contributed by atoms with Gasteiger partial charge in [-0.2, -0.15) is 0 Å². The van der Waals surface area contributed by atoms with E-state index in [4.69, 9.17) is 0 Å². The summed E-state index contributed by atoms with van der Waals surface area (Å²) in [6, 6.07) is 20.6. The van der Waals surface area contributed by atoms with Crippen molar-refractivity contribution in [3.63, 3.8) is 0 Å². The van der Waals surface area contributed by atoms with Crippen LogP contribution in [0.4, 0.5) is 0 Å². The van der Waals surface area contributed by atoms with Gasteiger partial charge in [-0.3, -0.25) is 0 Å². The number of hydrogen-bond acceptors (Lipinski definition) is 1. The van der Waals surface area contributed by atoms with Gasteiger partial charge in [0.2, 0.25) is 0 Å². The molecule has 2 aromatic rings. The fourth-order valence-electron chi connectivity index (χ4n) is 2.24. The van der Waals surface area contributed by atoms with E-state index in [0.717, 1.165) is 0 Å². The number of aliphatic hydroxyl groups is 1. The maximum absolute atomic E-state index is 9.61. The van der Waals surface area contributed by atoms with Crippen molar-refractivity contribution in [2.45, 2.75) is 18.8 Å². The van der Waals surface area contributed by atoms with Gasteiger partial charge in [0.25, 0.3) is 0 Å². The molecule has 1 nitrogen and oxygen atoms in total. The second kappa shape index (κ2) is 5.65. The Hall–Kier alpha value is -1.60. The summed E-state index contributed by atoms with van der Waals surface area (Å²) in [7, 11) is 0. The lowest BCUT2D eigenvalue weighted by molar-refractivity contribution is 0.251. The van der Waals surface area contributed by atoms with Crippen LogP contribution in [-0.4, -0.2) is 11.7 Å². The van der Waals surface area contributed by atoms with E-state index in [9.17, 15) is 5.11 Å². The second-order valence-corrected chi connectivity index (χ2v) is 4.40. The molecule has 88 valence electrons. The predicted octanol–water partition coefficient (Wildman–Crippen LogP) is 3.57. The van der Waals surface area contributed by atoms with Crippen LogP contribution in [-0.2, 0) is 0 Å². The van der Waals surface area contributed by atoms with E-state index in [2.05, 4.69) is 31.2 Å². The van der Waals surface area contributed by atoms with Crippen LogP contribution in [0.3, 0.4) is 0 Å². The third-order valence-electron chi connectivity index (χ3n) is 3.35. The molecule has 0 saturated heterocycles. The molecule has 0 fully saturated rings. The Bertz CT molecular complexity index is 436. The summed E-state index contributed by atoms with van der Waals surface area (Å²) in [6.07, 6.45) is 0. The first kappa shape index (κ1) is 11.9. The van der Waals surface area contributed by atoms with E-state index in [1.165, 1.54) is 11.1 Å². The Labute approximate surface area is 103 Å². The molecule has 0 aliphatic rings. The number of aliphatic hydroxyl groups excluding tert-OH is 1. The number of hydrogen-bond donors (Lipinski definition) is 1. The van der Waals surface area contributed by atoms with Gasteiger partial charge >= 0.3 is 0 Å². The van der Waals surface area contributed by atoms with Crippen LogP contribution in [0.25, 0.3) is 0 Å². The van der Waals surface area contributed by atoms with Gasteiger partial charge in [-0.1, -0.05) is 67.6 Å². The minimum absolute atomic E-state index is 0.165. The van der Waals surface area contributed by atoms with Gasteiger partial charge in [-0.15, -0.1) is 0 Å². The minimum atomic E-state index is 0.165. The Balaban J connectivity index is 2.25. The lowest BCUT2D eigenvalue weighted by Crippen LogP contribution is -2.12. The summed E-state index contributed by atoms with van der Waals surface area (Å²) in [6.45, 7) is 2.35. The van der Waals surface area contributed by atoms with Crippen molar-refractivity contribution < 1.29 is 5.11 Å². The standard InChI is InChI=1S/C16H18O/c1-13(14-8-4-2-5-9-14)16(12-17)15-10-6-3-7-11-15/h2-11,13,16-17H,12H2,1H3/t13-,16+/m1/s1. The molecule has 2 aromatic carbocycles. The van der Waals surface area contributed by atoms with Crippen molar-refractivity contribution in [2.24, 2.45) is 0 Å². The molecule has 0 radical (unpaired) electrons. The molecular formula is C16H18O. The fourth-order valence-corrected chi connectivity index (χ4v) is 2.24. The van der Waals surface area contributed by atoms with Gasteiger partial charge in [0.05, 0.1) is 6.61 Å². The van der Waals surface area contributed by atoms with Crippen LogP contribution < -0.4 is 0 Å². The minimum Gasteiger partial charge on any atom is -0.396 e. The first-order valence-electron chi connectivity index (χ1n) is 6.03. The lowest BCUT2D eigenvalue weighted by atomic mass is 9.83. The lowest BCUT2D eigenvalue weighted by Gasteiger charge is -2.22. The van der Waals surface area contributed by atoms with Gasteiger partial charge in [0.15, 0.2) is 0 Å². The predicted molar refractivity (Wildman–Crippen MR) is 71.1 cm³/mol. The Morgan fingerprint density at radius 3 is 1.76 bits per heavy atom. The van der Waals surface area contributed by atoms with Crippen molar-refractivity contribution in [3.05, 3.63) is 71.8 Å². The molecule has 0 spiro atoms. The highest BCUT2D eigenvalue weighted by Gasteiger charge is 2.19. The topological polar surface area (TPSA) is 20.2 Å². The quantitative estimate of drug-likeness (QED) is 0.845. The van der Waals surface area contributed by atoms with E-state index in [1.807, 2.05) is 36.4 Å². The molecule has 0 heterocycles. The normalized spacial score (nSPS) is 14.2. The fraction of sp³-hybridized carbons (Fsp3) is 0.250. The van der Waals surface area contributed by atoms with E-state index in [-0.39, 0.29) is 12.5 Å². The van der Waals surface area contributed by atoms with Crippen LogP contribution >= 0.6 is 0 Å². The molecule has 0 aromatic heterocycles. The zero-order valence-electron chi connectivity index (χ0n) is 10.1. The summed E-state index contributed by atoms with van der Waals surface area (Å²) in [5, 5.41) is 9.61. The first-order valence-corrected chi connectivity index (χ1v) is 6.03. The third kappa shape index (κ3) is 2.75. The van der Waals surface area contributed by atoms with Crippen molar-refractivity contribution in [1.29, 1.82) is 0 Å². The number of rotatable bonds is 4. The monoisotopic (exact) mass is 226 g/mol. The van der Waals surface area contributed by atoms with Crippen LogP contribution in [0.1, 0.15) is 29.9 Å². The molecule has 2 atom stereocenters. The molecule has 1 heteroatoms. The van der Waals surface area contributed by atoms with Crippen molar-refractivity contribution in [3.8, 4) is 0 Å². The largest absolute Gasteiger partial charge is 0.396 e. The summed E-state index contributed by atoms with van der Waals surface area (Å²) in [5.41, 5.74) is 2.47. The Morgan fingerprint density at radius 1 is 0.824 bits per heavy atom. The maximum atomic E-state index is 9.61. The van der Waals surface area contributed by atoms with Gasteiger partial charge in [0, 0.05) is 5.92 Å². The highest BCUT2D eigenvalue weighted by Crippen LogP contribution is 2.31. The van der Waals surface area contributed by atoms with Gasteiger partial charge in [0.1, 0.15) is 0 Å². The van der Waals surface area contributed by atoms with Crippen molar-refractivity contribution >= 4 is 0 Å². The molecule has 2 rings (SSSR count). The highest BCUT2D eigenvalue weighted by molar-refractivity contribution is 5.28. The maximum Gasteiger partial charge on any atom is 0.0505 e. The molecule has 17 heavy (non-hydrogen) atoms. The molecule has 0 saturated carbocycles. The average Bonchev–Trinajstić information content (AvgIpc) is 2.42. The Kier molecular flexibility index (Phi) is 3.94. The number of benzene rings is 2. The first-order chi connectivity index (χ1) is 8.33. The summed E-state index contributed by atoms with van der Waals surface area (Å²) in [4.78, 5) is 0. The SMILES string of the molecule is C[C@H](c1ccccc1)[C@H](CO)c1ccccc1. The van der Waals surface area contributed by atoms with Gasteiger partial charge < -0.3 is 5.11 Å². The second-order valence-electron chi connectivity index (χ2n) is 4.40. The van der Waals surface area contributed by atoms with Crippen LogP contribution in [0.2, 0.25) is 0 Å². The average molecular weight is 226 g/mol.